The number of nitrogens with one attached hydrogen (secondary N) is 3. The molecule has 0 fully saturated rings. The van der Waals surface area contributed by atoms with Crippen LogP contribution in [0.1, 0.15) is 61.5 Å². The molecule has 3 rings (SSSR count). The first-order valence-electron chi connectivity index (χ1n) is 8.99. The van der Waals surface area contributed by atoms with E-state index in [9.17, 15) is 14.4 Å². The van der Waals surface area contributed by atoms with Gasteiger partial charge in [-0.15, -0.1) is 0 Å². The lowest BCUT2D eigenvalue weighted by Crippen LogP contribution is -2.36. The van der Waals surface area contributed by atoms with E-state index in [4.69, 9.17) is 0 Å². The number of aromatic nitrogens is 2. The fourth-order valence-corrected chi connectivity index (χ4v) is 3.79. The third kappa shape index (κ3) is 3.64. The van der Waals surface area contributed by atoms with Crippen molar-refractivity contribution in [3.8, 4) is 0 Å². The Morgan fingerprint density at radius 1 is 1.23 bits per heavy atom. The molecule has 0 bridgehead atoms. The Morgan fingerprint density at radius 3 is 2.69 bits per heavy atom. The lowest BCUT2D eigenvalue weighted by Gasteiger charge is -2.37. The fraction of sp³-hybridized carbons (Fsp3) is 0.450. The number of aromatic amines is 2. The number of rotatable bonds is 4. The van der Waals surface area contributed by atoms with Gasteiger partial charge in [0.1, 0.15) is 0 Å². The number of carbonyl (C=O) groups excluding carboxylic acids is 1. The van der Waals surface area contributed by atoms with Crippen LogP contribution in [0.25, 0.3) is 0 Å². The standard InChI is InChI=1S/C20H25N3O3/c1-12-13(18(25)23-19(26)21-12)8-9-17(24)22-16-10-11-20(2,3)15-7-5-4-6-14(15)16/h4-7,16H,8-11H2,1-3H3,(H,22,24)(H2,21,23,25,26)/t16-/m1/s1. The van der Waals surface area contributed by atoms with Crippen LogP contribution in [-0.2, 0) is 16.6 Å². The summed E-state index contributed by atoms with van der Waals surface area (Å²) in [6, 6.07) is 8.26. The van der Waals surface area contributed by atoms with Gasteiger partial charge in [0.05, 0.1) is 6.04 Å². The van der Waals surface area contributed by atoms with Crippen LogP contribution in [0.5, 0.6) is 0 Å². The summed E-state index contributed by atoms with van der Waals surface area (Å²) in [7, 11) is 0. The Labute approximate surface area is 152 Å². The molecule has 0 saturated heterocycles. The number of hydrogen-bond acceptors (Lipinski definition) is 3. The normalized spacial score (nSPS) is 18.2. The topological polar surface area (TPSA) is 94.8 Å². The van der Waals surface area contributed by atoms with E-state index in [-0.39, 0.29) is 23.8 Å². The van der Waals surface area contributed by atoms with E-state index >= 15 is 0 Å². The second kappa shape index (κ2) is 6.94. The molecule has 1 aliphatic rings. The van der Waals surface area contributed by atoms with E-state index in [1.54, 1.807) is 6.92 Å². The maximum atomic E-state index is 12.4. The molecule has 2 aromatic rings. The summed E-state index contributed by atoms with van der Waals surface area (Å²) >= 11 is 0. The average molecular weight is 355 g/mol. The van der Waals surface area contributed by atoms with Crippen LogP contribution in [0, 0.1) is 6.92 Å². The molecule has 0 unspecified atom stereocenters. The number of amides is 1. The minimum absolute atomic E-state index is 0.00156. The first kappa shape index (κ1) is 18.2. The molecule has 1 heterocycles. The van der Waals surface area contributed by atoms with E-state index in [1.165, 1.54) is 11.1 Å². The first-order valence-corrected chi connectivity index (χ1v) is 8.99. The van der Waals surface area contributed by atoms with Crippen molar-refractivity contribution in [1.29, 1.82) is 0 Å². The zero-order chi connectivity index (χ0) is 18.9. The molecular weight excluding hydrogens is 330 g/mol. The van der Waals surface area contributed by atoms with Gasteiger partial charge in [-0.3, -0.25) is 14.6 Å². The van der Waals surface area contributed by atoms with Gasteiger partial charge in [-0.1, -0.05) is 38.1 Å². The van der Waals surface area contributed by atoms with Crippen LogP contribution in [0.3, 0.4) is 0 Å². The van der Waals surface area contributed by atoms with Crippen LogP contribution >= 0.6 is 0 Å². The van der Waals surface area contributed by atoms with Crippen LogP contribution < -0.4 is 16.6 Å². The molecule has 6 heteroatoms. The van der Waals surface area contributed by atoms with Crippen molar-refractivity contribution < 1.29 is 4.79 Å². The van der Waals surface area contributed by atoms with Crippen LogP contribution in [0.2, 0.25) is 0 Å². The fourth-order valence-electron chi connectivity index (χ4n) is 3.79. The molecule has 1 amide bonds. The lowest BCUT2D eigenvalue weighted by atomic mass is 9.71. The highest BCUT2D eigenvalue weighted by atomic mass is 16.2. The minimum atomic E-state index is -0.526. The smallest absolute Gasteiger partial charge is 0.325 e. The molecule has 1 aliphatic carbocycles. The SMILES string of the molecule is Cc1[nH]c(=O)[nH]c(=O)c1CCC(=O)N[C@@H]1CCC(C)(C)c2ccccc21. The van der Waals surface area contributed by atoms with E-state index in [2.05, 4.69) is 41.3 Å². The van der Waals surface area contributed by atoms with Gasteiger partial charge in [0.15, 0.2) is 0 Å². The number of fused-ring (bicyclic) bond motifs is 1. The summed E-state index contributed by atoms with van der Waals surface area (Å²) in [6.07, 6.45) is 2.41. The zero-order valence-corrected chi connectivity index (χ0v) is 15.4. The highest BCUT2D eigenvalue weighted by molar-refractivity contribution is 5.77. The largest absolute Gasteiger partial charge is 0.349 e. The molecule has 0 saturated carbocycles. The van der Waals surface area contributed by atoms with Crippen molar-refractivity contribution in [3.63, 3.8) is 0 Å². The average Bonchev–Trinajstić information content (AvgIpc) is 2.57. The predicted octanol–water partition coefficient (Wildman–Crippen LogP) is 2.23. The van der Waals surface area contributed by atoms with Crippen molar-refractivity contribution >= 4 is 5.91 Å². The van der Waals surface area contributed by atoms with Crippen molar-refractivity contribution in [2.75, 3.05) is 0 Å². The van der Waals surface area contributed by atoms with Gasteiger partial charge in [0.2, 0.25) is 5.91 Å². The molecule has 0 radical (unpaired) electrons. The molecule has 3 N–H and O–H groups in total. The monoisotopic (exact) mass is 355 g/mol. The Kier molecular flexibility index (Phi) is 4.85. The lowest BCUT2D eigenvalue weighted by molar-refractivity contribution is -0.122. The van der Waals surface area contributed by atoms with Gasteiger partial charge in [-0.25, -0.2) is 4.79 Å². The first-order chi connectivity index (χ1) is 12.3. The highest BCUT2D eigenvalue weighted by Gasteiger charge is 2.32. The van der Waals surface area contributed by atoms with Crippen LogP contribution in [0.15, 0.2) is 33.9 Å². The Morgan fingerprint density at radius 2 is 1.96 bits per heavy atom. The second-order valence-electron chi connectivity index (χ2n) is 7.64. The number of aryl methyl sites for hydroxylation is 1. The number of hydrogen-bond donors (Lipinski definition) is 3. The molecule has 26 heavy (non-hydrogen) atoms. The molecule has 6 nitrogen and oxygen atoms in total. The van der Waals surface area contributed by atoms with E-state index in [0.29, 0.717) is 17.7 Å². The van der Waals surface area contributed by atoms with Crippen molar-refractivity contribution in [2.45, 2.75) is 57.9 Å². The number of benzene rings is 1. The molecule has 0 aliphatic heterocycles. The summed E-state index contributed by atoms with van der Waals surface area (Å²) in [5.74, 6) is -0.0884. The summed E-state index contributed by atoms with van der Waals surface area (Å²) in [6.45, 7) is 6.13. The van der Waals surface area contributed by atoms with Crippen molar-refractivity contribution in [3.05, 3.63) is 67.5 Å². The van der Waals surface area contributed by atoms with Gasteiger partial charge in [0, 0.05) is 17.7 Å². The van der Waals surface area contributed by atoms with Crippen molar-refractivity contribution in [1.82, 2.24) is 15.3 Å². The summed E-state index contributed by atoms with van der Waals surface area (Å²) in [4.78, 5) is 40.4. The summed E-state index contributed by atoms with van der Waals surface area (Å²) < 4.78 is 0. The third-order valence-corrected chi connectivity index (χ3v) is 5.32. The molecule has 1 aromatic carbocycles. The van der Waals surface area contributed by atoms with Crippen LogP contribution in [0.4, 0.5) is 0 Å². The maximum Gasteiger partial charge on any atom is 0.325 e. The van der Waals surface area contributed by atoms with E-state index < -0.39 is 11.2 Å². The quantitative estimate of drug-likeness (QED) is 0.785. The van der Waals surface area contributed by atoms with Gasteiger partial charge in [-0.2, -0.15) is 0 Å². The van der Waals surface area contributed by atoms with E-state index in [1.807, 2.05) is 12.1 Å². The molecular formula is C20H25N3O3. The van der Waals surface area contributed by atoms with E-state index in [0.717, 1.165) is 12.8 Å². The Balaban J connectivity index is 1.70. The highest BCUT2D eigenvalue weighted by Crippen LogP contribution is 2.41. The number of H-pyrrole nitrogens is 2. The van der Waals surface area contributed by atoms with Gasteiger partial charge >= 0.3 is 5.69 Å². The molecule has 138 valence electrons. The minimum Gasteiger partial charge on any atom is -0.349 e. The number of carbonyl (C=O) groups is 1. The summed E-state index contributed by atoms with van der Waals surface area (Å²) in [5.41, 5.74) is 2.57. The molecule has 1 aromatic heterocycles. The van der Waals surface area contributed by atoms with Crippen LogP contribution in [-0.4, -0.2) is 15.9 Å². The zero-order valence-electron chi connectivity index (χ0n) is 15.4. The Hall–Kier alpha value is -2.63. The molecule has 0 spiro atoms. The second-order valence-corrected chi connectivity index (χ2v) is 7.64. The maximum absolute atomic E-state index is 12.4. The third-order valence-electron chi connectivity index (χ3n) is 5.32. The predicted molar refractivity (Wildman–Crippen MR) is 100 cm³/mol. The van der Waals surface area contributed by atoms with Gasteiger partial charge in [-0.05, 0) is 42.7 Å². The Bertz CT molecular complexity index is 940. The molecule has 1 atom stereocenters. The van der Waals surface area contributed by atoms with Gasteiger partial charge in [0.25, 0.3) is 5.56 Å². The van der Waals surface area contributed by atoms with Gasteiger partial charge < -0.3 is 10.3 Å². The van der Waals surface area contributed by atoms with Crippen molar-refractivity contribution in [2.24, 2.45) is 0 Å². The summed E-state index contributed by atoms with van der Waals surface area (Å²) in [5, 5.41) is 3.11.